The molecule has 0 bridgehead atoms. The van der Waals surface area contributed by atoms with Crippen LogP contribution in [0.4, 0.5) is 0 Å². The van der Waals surface area contributed by atoms with Crippen molar-refractivity contribution in [2.24, 2.45) is 0 Å². The van der Waals surface area contributed by atoms with E-state index in [2.05, 4.69) is 5.32 Å². The van der Waals surface area contributed by atoms with Crippen LogP contribution < -0.4 is 5.32 Å². The third-order valence-corrected chi connectivity index (χ3v) is 3.52. The first-order valence-corrected chi connectivity index (χ1v) is 8.58. The van der Waals surface area contributed by atoms with Gasteiger partial charge >= 0.3 is 11.9 Å². The molecule has 0 amide bonds. The number of hydrogen-bond donors (Lipinski definition) is 8. The van der Waals surface area contributed by atoms with E-state index in [0.29, 0.717) is 12.8 Å². The fourth-order valence-corrected chi connectivity index (χ4v) is 1.98. The van der Waals surface area contributed by atoms with E-state index in [1.807, 2.05) is 0 Å². The third kappa shape index (κ3) is 16.2. The highest BCUT2D eigenvalue weighted by Gasteiger charge is 2.29. The molecule has 0 saturated heterocycles. The van der Waals surface area contributed by atoms with E-state index in [4.69, 9.17) is 30.6 Å². The van der Waals surface area contributed by atoms with Gasteiger partial charge in [-0.1, -0.05) is 19.3 Å². The van der Waals surface area contributed by atoms with Crippen molar-refractivity contribution in [3.63, 3.8) is 0 Å². The molecule has 10 heteroatoms. The minimum Gasteiger partial charge on any atom is -0.481 e. The molecular weight excluding hydrogens is 350 g/mol. The fraction of sp³-hybridized carbons (Fsp3) is 0.875. The molecule has 0 spiro atoms. The zero-order valence-corrected chi connectivity index (χ0v) is 15.1. The second kappa shape index (κ2) is 17.1. The number of hydrogen-bond acceptors (Lipinski definition) is 8. The maximum Gasteiger partial charge on any atom is 0.303 e. The standard InChI is InChI=1S/C9H16O4.C7H17NO5/c10-8(11)6-4-2-1-3-5-7-9(12)13;1-8-2-4(10)6(12)7(13)5(11)3-9/h1-7H2,(H,10,11)(H,12,13);4-13H,2-3H2,1H3/t;4-,5+,6+,7+/m.0/s1. The van der Waals surface area contributed by atoms with Crippen LogP contribution in [0.15, 0.2) is 0 Å². The number of aliphatic hydroxyl groups excluding tert-OH is 5. The number of aliphatic hydroxyl groups is 5. The third-order valence-electron chi connectivity index (χ3n) is 3.52. The van der Waals surface area contributed by atoms with Crippen molar-refractivity contribution in [2.45, 2.75) is 69.4 Å². The van der Waals surface area contributed by atoms with Gasteiger partial charge in [0.1, 0.15) is 18.3 Å². The summed E-state index contributed by atoms with van der Waals surface area (Å²) in [5.41, 5.74) is 0. The predicted octanol–water partition coefficient (Wildman–Crippen LogP) is -1.47. The van der Waals surface area contributed by atoms with Gasteiger partial charge in [-0.15, -0.1) is 0 Å². The van der Waals surface area contributed by atoms with Crippen molar-refractivity contribution >= 4 is 11.9 Å². The summed E-state index contributed by atoms with van der Waals surface area (Å²) in [5.74, 6) is -1.52. The van der Waals surface area contributed by atoms with Crippen LogP contribution in [0.2, 0.25) is 0 Å². The number of carbonyl (C=O) groups is 2. The Hall–Kier alpha value is -1.30. The van der Waals surface area contributed by atoms with Crippen LogP contribution in [0.25, 0.3) is 0 Å². The number of carboxylic acids is 2. The molecule has 10 nitrogen and oxygen atoms in total. The summed E-state index contributed by atoms with van der Waals surface area (Å²) in [6.07, 6.45) is -1.12. The van der Waals surface area contributed by atoms with Gasteiger partial charge in [-0.2, -0.15) is 0 Å². The zero-order valence-electron chi connectivity index (χ0n) is 15.1. The minimum atomic E-state index is -1.55. The summed E-state index contributed by atoms with van der Waals surface area (Å²) in [5, 5.41) is 64.1. The second-order valence-corrected chi connectivity index (χ2v) is 5.91. The molecule has 0 heterocycles. The highest BCUT2D eigenvalue weighted by molar-refractivity contribution is 5.66. The quantitative estimate of drug-likeness (QED) is 0.164. The zero-order chi connectivity index (χ0) is 20.5. The number of likely N-dealkylation sites (N-methyl/N-ethyl adjacent to an activating group) is 1. The van der Waals surface area contributed by atoms with Crippen molar-refractivity contribution in [3.8, 4) is 0 Å². The Balaban J connectivity index is 0. The molecule has 156 valence electrons. The predicted molar refractivity (Wildman–Crippen MR) is 92.6 cm³/mol. The van der Waals surface area contributed by atoms with Crippen LogP contribution in [-0.2, 0) is 9.59 Å². The van der Waals surface area contributed by atoms with Crippen LogP contribution >= 0.6 is 0 Å². The minimum absolute atomic E-state index is 0.0936. The molecule has 0 unspecified atom stereocenters. The van der Waals surface area contributed by atoms with Gasteiger partial charge in [0, 0.05) is 19.4 Å². The van der Waals surface area contributed by atoms with Crippen LogP contribution in [0.3, 0.4) is 0 Å². The summed E-state index contributed by atoms with van der Waals surface area (Å²) in [6.45, 7) is -0.569. The molecule has 4 atom stereocenters. The van der Waals surface area contributed by atoms with Gasteiger partial charge in [-0.3, -0.25) is 9.59 Å². The van der Waals surface area contributed by atoms with E-state index in [1.165, 1.54) is 0 Å². The molecular formula is C16H33NO9. The van der Waals surface area contributed by atoms with Gasteiger partial charge in [0.15, 0.2) is 0 Å². The van der Waals surface area contributed by atoms with Gasteiger partial charge in [0.25, 0.3) is 0 Å². The summed E-state index contributed by atoms with van der Waals surface area (Å²) in [7, 11) is 1.57. The number of rotatable bonds is 14. The normalized spacial score (nSPS) is 15.3. The average molecular weight is 383 g/mol. The topological polar surface area (TPSA) is 188 Å². The first-order valence-electron chi connectivity index (χ1n) is 8.58. The number of carboxylic acid groups (broad SMARTS) is 2. The Kier molecular flexibility index (Phi) is 17.7. The van der Waals surface area contributed by atoms with Gasteiger partial charge in [0.05, 0.1) is 12.7 Å². The lowest BCUT2D eigenvalue weighted by atomic mass is 10.0. The van der Waals surface area contributed by atoms with Gasteiger partial charge in [-0.25, -0.2) is 0 Å². The van der Waals surface area contributed by atoms with Crippen molar-refractivity contribution in [1.29, 1.82) is 0 Å². The molecule has 0 aromatic rings. The molecule has 26 heavy (non-hydrogen) atoms. The molecule has 0 aliphatic carbocycles. The molecule has 0 aliphatic heterocycles. The van der Waals surface area contributed by atoms with Crippen LogP contribution in [0.1, 0.15) is 44.9 Å². The SMILES string of the molecule is CNC[C@H](O)[C@@H](O)[C@H](O)[C@H](O)CO.O=C(O)CCCCCCCC(=O)O. The van der Waals surface area contributed by atoms with E-state index in [0.717, 1.165) is 19.3 Å². The van der Waals surface area contributed by atoms with Crippen LogP contribution in [-0.4, -0.2) is 92.3 Å². The Bertz CT molecular complexity index is 350. The molecule has 0 rings (SSSR count). The monoisotopic (exact) mass is 383 g/mol. The van der Waals surface area contributed by atoms with Crippen molar-refractivity contribution in [3.05, 3.63) is 0 Å². The average Bonchev–Trinajstić information content (AvgIpc) is 2.59. The highest BCUT2D eigenvalue weighted by atomic mass is 16.4. The van der Waals surface area contributed by atoms with E-state index >= 15 is 0 Å². The molecule has 0 radical (unpaired) electrons. The lowest BCUT2D eigenvalue weighted by molar-refractivity contribution is -0.138. The number of unbranched alkanes of at least 4 members (excludes halogenated alkanes) is 4. The van der Waals surface area contributed by atoms with Gasteiger partial charge in [-0.05, 0) is 19.9 Å². The number of nitrogens with one attached hydrogen (secondary N) is 1. The van der Waals surface area contributed by atoms with Crippen molar-refractivity contribution < 1.29 is 45.3 Å². The Morgan fingerprint density at radius 1 is 0.769 bits per heavy atom. The Morgan fingerprint density at radius 2 is 1.15 bits per heavy atom. The summed E-state index contributed by atoms with van der Waals surface area (Å²) in [4.78, 5) is 20.2. The summed E-state index contributed by atoms with van der Waals surface area (Å²) >= 11 is 0. The Morgan fingerprint density at radius 3 is 1.50 bits per heavy atom. The lowest BCUT2D eigenvalue weighted by Crippen LogP contribution is -2.48. The largest absolute Gasteiger partial charge is 0.481 e. The van der Waals surface area contributed by atoms with Crippen LogP contribution in [0.5, 0.6) is 0 Å². The maximum atomic E-state index is 10.1. The van der Waals surface area contributed by atoms with Gasteiger partial charge < -0.3 is 41.1 Å². The molecule has 0 fully saturated rings. The molecule has 0 aromatic heterocycles. The van der Waals surface area contributed by atoms with Crippen LogP contribution in [0, 0.1) is 0 Å². The molecule has 0 saturated carbocycles. The highest BCUT2D eigenvalue weighted by Crippen LogP contribution is 2.07. The fourth-order valence-electron chi connectivity index (χ4n) is 1.98. The van der Waals surface area contributed by atoms with Crippen molar-refractivity contribution in [2.75, 3.05) is 20.2 Å². The molecule has 0 aromatic carbocycles. The first-order chi connectivity index (χ1) is 12.2. The first kappa shape index (κ1) is 26.9. The molecule has 0 aliphatic rings. The summed E-state index contributed by atoms with van der Waals surface area (Å²) in [6, 6.07) is 0. The van der Waals surface area contributed by atoms with E-state index < -0.39 is 43.0 Å². The number of aliphatic carboxylic acids is 2. The van der Waals surface area contributed by atoms with E-state index in [9.17, 15) is 14.7 Å². The van der Waals surface area contributed by atoms with Gasteiger partial charge in [0.2, 0.25) is 0 Å². The Labute approximate surface area is 153 Å². The lowest BCUT2D eigenvalue weighted by Gasteiger charge is -2.25. The van der Waals surface area contributed by atoms with E-state index in [1.54, 1.807) is 7.05 Å². The van der Waals surface area contributed by atoms with Crippen molar-refractivity contribution in [1.82, 2.24) is 5.32 Å². The molecule has 8 N–H and O–H groups in total. The smallest absolute Gasteiger partial charge is 0.303 e. The second-order valence-electron chi connectivity index (χ2n) is 5.91. The summed E-state index contributed by atoms with van der Waals surface area (Å²) < 4.78 is 0. The maximum absolute atomic E-state index is 10.1. The van der Waals surface area contributed by atoms with E-state index in [-0.39, 0.29) is 19.4 Å².